The van der Waals surface area contributed by atoms with Crippen LogP contribution in [0.1, 0.15) is 6.92 Å². The van der Waals surface area contributed by atoms with Gasteiger partial charge in [-0.15, -0.1) is 0 Å². The molecule has 0 spiro atoms. The second-order valence-corrected chi connectivity index (χ2v) is 2.27. The summed E-state index contributed by atoms with van der Waals surface area (Å²) in [4.78, 5) is 11.1. The van der Waals surface area contributed by atoms with E-state index in [2.05, 4.69) is 0 Å². The second kappa shape index (κ2) is 3.02. The Morgan fingerprint density at radius 1 is 1.73 bits per heavy atom. The van der Waals surface area contributed by atoms with Gasteiger partial charge < -0.3 is 14.6 Å². The van der Waals surface area contributed by atoms with Gasteiger partial charge in [-0.05, 0) is 6.92 Å². The molecule has 0 radical (unpaired) electrons. The molecule has 0 saturated heterocycles. The summed E-state index contributed by atoms with van der Waals surface area (Å²) < 4.78 is 9.50. The van der Waals surface area contributed by atoms with Gasteiger partial charge in [0.25, 0.3) is 0 Å². The van der Waals surface area contributed by atoms with E-state index in [1.165, 1.54) is 13.2 Å². The number of hydrogen-bond acceptors (Lipinski definition) is 4. The van der Waals surface area contributed by atoms with E-state index in [-0.39, 0.29) is 11.5 Å². The van der Waals surface area contributed by atoms with Gasteiger partial charge in [0.2, 0.25) is 5.78 Å². The molecule has 1 heterocycles. The molecular formula is C7H10O4. The van der Waals surface area contributed by atoms with E-state index in [4.69, 9.17) is 14.6 Å². The highest BCUT2D eigenvalue weighted by Gasteiger charge is 2.27. The number of carbonyl (C=O) groups excluding carboxylic acids is 1. The normalized spacial score (nSPS) is 31.5. The zero-order valence-corrected chi connectivity index (χ0v) is 6.40. The average molecular weight is 158 g/mol. The molecule has 0 amide bonds. The smallest absolute Gasteiger partial charge is 0.225 e. The maximum absolute atomic E-state index is 11.1. The van der Waals surface area contributed by atoms with Gasteiger partial charge in [-0.2, -0.15) is 0 Å². The Balaban J connectivity index is 2.81. The van der Waals surface area contributed by atoms with Crippen LogP contribution in [-0.2, 0) is 14.3 Å². The molecule has 62 valence electrons. The van der Waals surface area contributed by atoms with E-state index in [0.717, 1.165) is 0 Å². The topological polar surface area (TPSA) is 55.8 Å². The highest BCUT2D eigenvalue weighted by Crippen LogP contribution is 2.13. The van der Waals surface area contributed by atoms with E-state index in [1.54, 1.807) is 6.92 Å². The maximum Gasteiger partial charge on any atom is 0.225 e. The van der Waals surface area contributed by atoms with Gasteiger partial charge >= 0.3 is 0 Å². The third kappa shape index (κ3) is 1.58. The van der Waals surface area contributed by atoms with Crippen LogP contribution in [0.2, 0.25) is 0 Å². The molecule has 2 unspecified atom stereocenters. The van der Waals surface area contributed by atoms with Gasteiger partial charge in [0.05, 0.1) is 7.11 Å². The summed E-state index contributed by atoms with van der Waals surface area (Å²) in [6.45, 7) is 1.57. The lowest BCUT2D eigenvalue weighted by atomic mass is 10.1. The molecule has 11 heavy (non-hydrogen) atoms. The van der Waals surface area contributed by atoms with Gasteiger partial charge in [-0.1, -0.05) is 0 Å². The van der Waals surface area contributed by atoms with Crippen molar-refractivity contribution in [1.82, 2.24) is 0 Å². The van der Waals surface area contributed by atoms with Crippen LogP contribution >= 0.6 is 0 Å². The van der Waals surface area contributed by atoms with Gasteiger partial charge in [0, 0.05) is 6.08 Å². The molecule has 0 aliphatic carbocycles. The summed E-state index contributed by atoms with van der Waals surface area (Å²) >= 11 is 0. The minimum absolute atomic E-state index is 0.163. The molecule has 1 aliphatic heterocycles. The molecule has 0 bridgehead atoms. The van der Waals surface area contributed by atoms with Crippen LogP contribution in [0.4, 0.5) is 0 Å². The molecule has 1 rings (SSSR count). The van der Waals surface area contributed by atoms with Crippen molar-refractivity contribution >= 4 is 5.78 Å². The largest absolute Gasteiger partial charge is 0.493 e. The molecule has 4 heteroatoms. The highest BCUT2D eigenvalue weighted by atomic mass is 16.6. The van der Waals surface area contributed by atoms with Crippen LogP contribution in [0.25, 0.3) is 0 Å². The van der Waals surface area contributed by atoms with E-state index in [1.807, 2.05) is 0 Å². The number of ketones is 1. The fraction of sp³-hybridized carbons (Fsp3) is 0.571. The molecule has 0 aromatic rings. The first kappa shape index (κ1) is 8.23. The first-order chi connectivity index (χ1) is 5.15. The Hall–Kier alpha value is -0.870. The Labute approximate surface area is 64.4 Å². The summed E-state index contributed by atoms with van der Waals surface area (Å²) in [5, 5.41) is 8.97. The number of rotatable bonds is 1. The van der Waals surface area contributed by atoms with E-state index >= 15 is 0 Å². The fourth-order valence-electron chi connectivity index (χ4n) is 0.891. The van der Waals surface area contributed by atoms with Crippen molar-refractivity contribution in [2.45, 2.75) is 19.3 Å². The molecule has 2 atom stereocenters. The lowest BCUT2D eigenvalue weighted by Gasteiger charge is -2.21. The Morgan fingerprint density at radius 3 is 2.91 bits per heavy atom. The molecule has 1 aliphatic rings. The van der Waals surface area contributed by atoms with Crippen LogP contribution in [0.3, 0.4) is 0 Å². The number of aliphatic hydroxyl groups excluding tert-OH is 1. The van der Waals surface area contributed by atoms with Crippen LogP contribution in [-0.4, -0.2) is 30.4 Å². The van der Waals surface area contributed by atoms with Crippen molar-refractivity contribution in [2.24, 2.45) is 0 Å². The molecule has 0 aromatic carbocycles. The summed E-state index contributed by atoms with van der Waals surface area (Å²) in [5.41, 5.74) is 0. The van der Waals surface area contributed by atoms with Gasteiger partial charge in [-0.3, -0.25) is 4.79 Å². The number of hydrogen-bond donors (Lipinski definition) is 1. The Kier molecular flexibility index (Phi) is 2.26. The van der Waals surface area contributed by atoms with E-state index < -0.39 is 12.4 Å². The zero-order valence-electron chi connectivity index (χ0n) is 6.40. The number of Topliss-reactive ketones (excluding diaryl/α,β-unsaturated/α-hetero) is 1. The molecule has 1 N–H and O–H groups in total. The second-order valence-electron chi connectivity index (χ2n) is 2.27. The minimum atomic E-state index is -1.03. The van der Waals surface area contributed by atoms with Crippen molar-refractivity contribution in [1.29, 1.82) is 0 Å². The number of aliphatic hydroxyl groups is 1. The predicted octanol–water partition coefficient (Wildman–Crippen LogP) is -0.177. The van der Waals surface area contributed by atoms with Crippen LogP contribution in [0, 0.1) is 0 Å². The monoisotopic (exact) mass is 158 g/mol. The lowest BCUT2D eigenvalue weighted by Crippen LogP contribution is -2.33. The summed E-state index contributed by atoms with van der Waals surface area (Å²) in [5.74, 6) is -0.0750. The first-order valence-corrected chi connectivity index (χ1v) is 3.28. The third-order valence-corrected chi connectivity index (χ3v) is 1.47. The summed E-state index contributed by atoms with van der Waals surface area (Å²) in [6.07, 6.45) is -0.412. The quantitative estimate of drug-likeness (QED) is 0.575. The summed E-state index contributed by atoms with van der Waals surface area (Å²) in [7, 11) is 1.38. The van der Waals surface area contributed by atoms with E-state index in [0.29, 0.717) is 0 Å². The van der Waals surface area contributed by atoms with Gasteiger partial charge in [-0.25, -0.2) is 0 Å². The highest BCUT2D eigenvalue weighted by molar-refractivity contribution is 5.97. The molecule has 0 saturated carbocycles. The average Bonchev–Trinajstić information content (AvgIpc) is 1.96. The Morgan fingerprint density at radius 2 is 2.36 bits per heavy atom. The SMILES string of the molecule is COC1=CC(O)OC(C)C1=O. The first-order valence-electron chi connectivity index (χ1n) is 3.28. The number of methoxy groups -OCH3 is 1. The standard InChI is InChI=1S/C7H10O4/c1-4-7(9)5(10-2)3-6(8)11-4/h3-4,6,8H,1-2H3. The van der Waals surface area contributed by atoms with Crippen molar-refractivity contribution in [3.63, 3.8) is 0 Å². The third-order valence-electron chi connectivity index (χ3n) is 1.47. The zero-order chi connectivity index (χ0) is 8.43. The van der Waals surface area contributed by atoms with Crippen LogP contribution in [0.15, 0.2) is 11.8 Å². The van der Waals surface area contributed by atoms with Crippen LogP contribution in [0.5, 0.6) is 0 Å². The number of ether oxygens (including phenoxy) is 2. The van der Waals surface area contributed by atoms with E-state index in [9.17, 15) is 4.79 Å². The molecule has 4 nitrogen and oxygen atoms in total. The Bertz CT molecular complexity index is 197. The molecular weight excluding hydrogens is 148 g/mol. The minimum Gasteiger partial charge on any atom is -0.493 e. The van der Waals surface area contributed by atoms with Crippen LogP contribution < -0.4 is 0 Å². The lowest BCUT2D eigenvalue weighted by molar-refractivity contribution is -0.151. The molecule has 0 aromatic heterocycles. The van der Waals surface area contributed by atoms with Crippen molar-refractivity contribution in [3.05, 3.63) is 11.8 Å². The predicted molar refractivity (Wildman–Crippen MR) is 36.7 cm³/mol. The van der Waals surface area contributed by atoms with Crippen molar-refractivity contribution in [2.75, 3.05) is 7.11 Å². The van der Waals surface area contributed by atoms with Crippen molar-refractivity contribution < 1.29 is 19.4 Å². The molecule has 0 fully saturated rings. The van der Waals surface area contributed by atoms with Gasteiger partial charge in [0.15, 0.2) is 12.0 Å². The van der Waals surface area contributed by atoms with Gasteiger partial charge in [0.1, 0.15) is 6.10 Å². The number of carbonyl (C=O) groups is 1. The van der Waals surface area contributed by atoms with Crippen molar-refractivity contribution in [3.8, 4) is 0 Å². The summed E-state index contributed by atoms with van der Waals surface area (Å²) in [6, 6.07) is 0. The maximum atomic E-state index is 11.1. The fourth-order valence-corrected chi connectivity index (χ4v) is 0.891.